The minimum absolute atomic E-state index is 0.0900. The smallest absolute Gasteiger partial charge is 0.264 e. The zero-order chi connectivity index (χ0) is 29.6. The Balaban J connectivity index is 1.68. The van der Waals surface area contributed by atoms with E-state index in [9.17, 15) is 18.0 Å². The molecule has 2 amide bonds. The number of rotatable bonds is 10. The molecule has 3 aromatic rings. The number of nitrogens with zero attached hydrogens (tertiary/aromatic N) is 2. The van der Waals surface area contributed by atoms with Gasteiger partial charge in [-0.2, -0.15) is 0 Å². The minimum Gasteiger partial charge on any atom is -0.352 e. The van der Waals surface area contributed by atoms with E-state index in [4.69, 9.17) is 0 Å². The summed E-state index contributed by atoms with van der Waals surface area (Å²) in [6.45, 7) is 5.18. The molecule has 1 aliphatic rings. The van der Waals surface area contributed by atoms with Crippen LogP contribution in [0.1, 0.15) is 55.7 Å². The maximum Gasteiger partial charge on any atom is 0.264 e. The lowest BCUT2D eigenvalue weighted by atomic mass is 9.95. The Hall–Kier alpha value is -3.17. The number of sulfonamides is 1. The molecule has 0 saturated heterocycles. The lowest BCUT2D eigenvalue weighted by Gasteiger charge is -2.33. The first-order valence-electron chi connectivity index (χ1n) is 14.0. The highest BCUT2D eigenvalue weighted by atomic mass is 79.9. The average Bonchev–Trinajstić information content (AvgIpc) is 2.95. The topological polar surface area (TPSA) is 86.8 Å². The molecule has 1 N–H and O–H groups in total. The highest BCUT2D eigenvalue weighted by molar-refractivity contribution is 9.10. The van der Waals surface area contributed by atoms with E-state index in [1.165, 1.54) is 11.3 Å². The molecule has 0 aromatic heterocycles. The fraction of sp³-hybridized carbons (Fsp3) is 0.375. The van der Waals surface area contributed by atoms with Gasteiger partial charge in [-0.25, -0.2) is 8.42 Å². The number of carbonyl (C=O) groups is 2. The molecule has 1 saturated carbocycles. The first-order valence-corrected chi connectivity index (χ1v) is 16.3. The van der Waals surface area contributed by atoms with Crippen LogP contribution in [0.15, 0.2) is 82.2 Å². The van der Waals surface area contributed by atoms with Crippen molar-refractivity contribution >= 4 is 43.5 Å². The van der Waals surface area contributed by atoms with Crippen molar-refractivity contribution in [3.05, 3.63) is 94.0 Å². The van der Waals surface area contributed by atoms with E-state index in [1.54, 1.807) is 49.4 Å². The van der Waals surface area contributed by atoms with Crippen molar-refractivity contribution in [1.82, 2.24) is 10.2 Å². The number of halogens is 1. The molecule has 218 valence electrons. The standard InChI is InChI=1S/C32H38BrN3O4S/c1-23-15-17-30(18-16-23)41(39,40)36(29-14-7-9-24(2)19-29)22-31(37)35(21-26-10-8-11-27(33)20-26)25(3)32(38)34-28-12-5-4-6-13-28/h7-11,14-20,25,28H,4-6,12-13,21-22H2,1-3H3,(H,34,38). The normalized spacial score (nSPS) is 14.7. The summed E-state index contributed by atoms with van der Waals surface area (Å²) in [6, 6.07) is 20.5. The van der Waals surface area contributed by atoms with Crippen molar-refractivity contribution in [2.24, 2.45) is 0 Å². The molecule has 0 aliphatic heterocycles. The van der Waals surface area contributed by atoms with Crippen molar-refractivity contribution in [2.75, 3.05) is 10.8 Å². The number of carbonyl (C=O) groups excluding carboxylic acids is 2. The molecule has 0 bridgehead atoms. The number of nitrogens with one attached hydrogen (secondary N) is 1. The molecule has 0 radical (unpaired) electrons. The first-order chi connectivity index (χ1) is 19.5. The van der Waals surface area contributed by atoms with Crippen LogP contribution in [0.3, 0.4) is 0 Å². The van der Waals surface area contributed by atoms with E-state index in [0.29, 0.717) is 5.69 Å². The number of anilines is 1. The van der Waals surface area contributed by atoms with Gasteiger partial charge in [0.1, 0.15) is 12.6 Å². The highest BCUT2D eigenvalue weighted by Crippen LogP contribution is 2.26. The van der Waals surface area contributed by atoms with Crippen LogP contribution >= 0.6 is 15.9 Å². The average molecular weight is 641 g/mol. The van der Waals surface area contributed by atoms with E-state index in [0.717, 1.165) is 51.2 Å². The van der Waals surface area contributed by atoms with Gasteiger partial charge in [0, 0.05) is 17.1 Å². The van der Waals surface area contributed by atoms with E-state index >= 15 is 0 Å². The van der Waals surface area contributed by atoms with Crippen molar-refractivity contribution in [3.63, 3.8) is 0 Å². The van der Waals surface area contributed by atoms with Gasteiger partial charge >= 0.3 is 0 Å². The SMILES string of the molecule is Cc1ccc(S(=O)(=O)N(CC(=O)N(Cc2cccc(Br)c2)C(C)C(=O)NC2CCCCC2)c2cccc(C)c2)cc1. The largest absolute Gasteiger partial charge is 0.352 e. The molecule has 0 spiro atoms. The monoisotopic (exact) mass is 639 g/mol. The third-order valence-electron chi connectivity index (χ3n) is 7.54. The molecular formula is C32H38BrN3O4S. The first kappa shape index (κ1) is 30.8. The van der Waals surface area contributed by atoms with Crippen LogP contribution in [0.2, 0.25) is 0 Å². The second-order valence-corrected chi connectivity index (χ2v) is 13.6. The molecule has 1 aliphatic carbocycles. The Morgan fingerprint density at radius 2 is 1.61 bits per heavy atom. The highest BCUT2D eigenvalue weighted by Gasteiger charge is 2.33. The van der Waals surface area contributed by atoms with Crippen molar-refractivity contribution in [1.29, 1.82) is 0 Å². The zero-order valence-corrected chi connectivity index (χ0v) is 26.2. The summed E-state index contributed by atoms with van der Waals surface area (Å²) in [6.07, 6.45) is 5.16. The van der Waals surface area contributed by atoms with Gasteiger partial charge in [0.15, 0.2) is 0 Å². The van der Waals surface area contributed by atoms with Gasteiger partial charge in [-0.3, -0.25) is 13.9 Å². The van der Waals surface area contributed by atoms with E-state index < -0.39 is 28.5 Å². The maximum absolute atomic E-state index is 14.1. The lowest BCUT2D eigenvalue weighted by molar-refractivity contribution is -0.139. The number of amides is 2. The fourth-order valence-corrected chi connectivity index (χ4v) is 6.99. The van der Waals surface area contributed by atoms with Crippen LogP contribution in [-0.4, -0.2) is 43.8 Å². The third kappa shape index (κ3) is 7.98. The summed E-state index contributed by atoms with van der Waals surface area (Å²) < 4.78 is 29.9. The Kier molecular flexibility index (Phi) is 10.3. The Morgan fingerprint density at radius 1 is 0.927 bits per heavy atom. The zero-order valence-electron chi connectivity index (χ0n) is 23.8. The predicted octanol–water partition coefficient (Wildman–Crippen LogP) is 6.13. The van der Waals surface area contributed by atoms with E-state index in [-0.39, 0.29) is 23.4 Å². The molecule has 1 fully saturated rings. The van der Waals surface area contributed by atoms with Crippen molar-refractivity contribution in [2.45, 2.75) is 76.4 Å². The molecule has 1 unspecified atom stereocenters. The van der Waals surface area contributed by atoms with Gasteiger partial charge in [0.25, 0.3) is 10.0 Å². The summed E-state index contributed by atoms with van der Waals surface area (Å²) in [5.41, 5.74) is 3.01. The molecular weight excluding hydrogens is 602 g/mol. The van der Waals surface area contributed by atoms with Crippen LogP contribution in [0.5, 0.6) is 0 Å². The molecule has 0 heterocycles. The molecule has 41 heavy (non-hydrogen) atoms. The van der Waals surface area contributed by atoms with Crippen molar-refractivity contribution in [3.8, 4) is 0 Å². The quantitative estimate of drug-likeness (QED) is 0.289. The Labute approximate surface area is 252 Å². The molecule has 3 aromatic carbocycles. The lowest BCUT2D eigenvalue weighted by Crippen LogP contribution is -2.53. The Bertz CT molecular complexity index is 1470. The number of aryl methyl sites for hydroxylation is 2. The molecule has 4 rings (SSSR count). The van der Waals surface area contributed by atoms with Gasteiger partial charge in [-0.15, -0.1) is 0 Å². The van der Waals surface area contributed by atoms with Gasteiger partial charge in [-0.05, 0) is 81.1 Å². The maximum atomic E-state index is 14.1. The van der Waals surface area contributed by atoms with Gasteiger partial charge in [-0.1, -0.05) is 77.2 Å². The van der Waals surface area contributed by atoms with Gasteiger partial charge in [0.2, 0.25) is 11.8 Å². The van der Waals surface area contributed by atoms with Crippen molar-refractivity contribution < 1.29 is 18.0 Å². The second kappa shape index (κ2) is 13.7. The van der Waals surface area contributed by atoms with Crippen LogP contribution in [-0.2, 0) is 26.2 Å². The summed E-state index contributed by atoms with van der Waals surface area (Å²) in [7, 11) is -4.09. The van der Waals surface area contributed by atoms with Crippen LogP contribution in [0, 0.1) is 13.8 Å². The summed E-state index contributed by atoms with van der Waals surface area (Å²) in [5.74, 6) is -0.697. The third-order valence-corrected chi connectivity index (χ3v) is 9.82. The van der Waals surface area contributed by atoms with Gasteiger partial charge in [0.05, 0.1) is 10.6 Å². The van der Waals surface area contributed by atoms with Crippen LogP contribution in [0.25, 0.3) is 0 Å². The van der Waals surface area contributed by atoms with Crippen LogP contribution < -0.4 is 9.62 Å². The fourth-order valence-electron chi connectivity index (χ4n) is 5.13. The predicted molar refractivity (Wildman–Crippen MR) is 166 cm³/mol. The number of hydrogen-bond acceptors (Lipinski definition) is 4. The molecule has 7 nitrogen and oxygen atoms in total. The second-order valence-electron chi connectivity index (χ2n) is 10.8. The van der Waals surface area contributed by atoms with E-state index in [2.05, 4.69) is 21.2 Å². The van der Waals surface area contributed by atoms with Crippen LogP contribution in [0.4, 0.5) is 5.69 Å². The number of hydrogen-bond donors (Lipinski definition) is 1. The Morgan fingerprint density at radius 3 is 2.27 bits per heavy atom. The van der Waals surface area contributed by atoms with E-state index in [1.807, 2.05) is 44.2 Å². The molecule has 9 heteroatoms. The number of benzene rings is 3. The summed E-state index contributed by atoms with van der Waals surface area (Å²) >= 11 is 3.49. The summed E-state index contributed by atoms with van der Waals surface area (Å²) in [4.78, 5) is 29.1. The molecule has 1 atom stereocenters. The summed E-state index contributed by atoms with van der Waals surface area (Å²) in [5, 5.41) is 3.13. The van der Waals surface area contributed by atoms with Gasteiger partial charge < -0.3 is 10.2 Å². The minimum atomic E-state index is -4.09.